The van der Waals surface area contributed by atoms with Gasteiger partial charge in [0.15, 0.2) is 0 Å². The Kier molecular flexibility index (Phi) is 8.21. The van der Waals surface area contributed by atoms with E-state index in [0.717, 1.165) is 0 Å². The first-order chi connectivity index (χ1) is 10.8. The summed E-state index contributed by atoms with van der Waals surface area (Å²) in [6.07, 6.45) is -0.518. The fraction of sp³-hybridized carbons (Fsp3) is 1.00. The minimum absolute atomic E-state index is 0.129. The monoisotopic (exact) mass is 405 g/mol. The second-order valence-electron chi connectivity index (χ2n) is 6.74. The van der Waals surface area contributed by atoms with Crippen molar-refractivity contribution in [2.24, 2.45) is 5.50 Å². The van der Waals surface area contributed by atoms with E-state index in [0.29, 0.717) is 0 Å². The smallest absolute Gasteiger partial charge is 0.273 e. The SMILES string of the molecule is CC(C)O[P+]1(OC(C)C)NP(=N)(N)N[P+](OC(C)C)(OC(C)C)N1. The minimum Gasteiger partial charge on any atom is -0.273 e. The lowest BCUT2D eigenvalue weighted by molar-refractivity contribution is 0.135. The number of nitrogens with two attached hydrogens (primary N) is 1. The normalized spacial score (nSPS) is 22.7. The van der Waals surface area contributed by atoms with Gasteiger partial charge in [0.1, 0.15) is 24.4 Å². The third kappa shape index (κ3) is 7.18. The Hall–Kier alpha value is 0.770. The van der Waals surface area contributed by atoms with E-state index in [-0.39, 0.29) is 24.4 Å². The van der Waals surface area contributed by atoms with Crippen molar-refractivity contribution < 1.29 is 18.1 Å². The van der Waals surface area contributed by atoms with Crippen LogP contribution in [0.5, 0.6) is 0 Å². The minimum atomic E-state index is -3.02. The molecule has 0 aromatic carbocycles. The highest BCUT2D eigenvalue weighted by Crippen LogP contribution is 2.77. The van der Waals surface area contributed by atoms with Gasteiger partial charge in [-0.1, -0.05) is 9.72 Å². The molecule has 0 aliphatic carbocycles. The maximum Gasteiger partial charge on any atom is 0.478 e. The molecule has 144 valence electrons. The molecule has 1 heterocycles. The molecule has 0 aromatic heterocycles. The molecular formula is C12H34N5O4P3+2. The van der Waals surface area contributed by atoms with Crippen molar-refractivity contribution in [3.8, 4) is 0 Å². The molecule has 0 bridgehead atoms. The molecule has 0 saturated carbocycles. The Morgan fingerprint density at radius 2 is 0.958 bits per heavy atom. The molecule has 0 radical (unpaired) electrons. The average molecular weight is 405 g/mol. The van der Waals surface area contributed by atoms with Crippen LogP contribution in [-0.4, -0.2) is 24.4 Å². The van der Waals surface area contributed by atoms with E-state index < -0.39 is 23.5 Å². The Labute approximate surface area is 147 Å². The van der Waals surface area contributed by atoms with Crippen LogP contribution in [0.3, 0.4) is 0 Å². The van der Waals surface area contributed by atoms with Gasteiger partial charge in [-0.05, 0) is 55.4 Å². The van der Waals surface area contributed by atoms with Gasteiger partial charge in [-0.2, -0.15) is 18.1 Å². The van der Waals surface area contributed by atoms with E-state index in [4.69, 9.17) is 28.8 Å². The highest BCUT2D eigenvalue weighted by atomic mass is 31.3. The van der Waals surface area contributed by atoms with E-state index in [1.807, 2.05) is 55.4 Å². The van der Waals surface area contributed by atoms with E-state index in [1.165, 1.54) is 0 Å². The maximum atomic E-state index is 8.48. The lowest BCUT2D eigenvalue weighted by Crippen LogP contribution is -2.47. The molecule has 24 heavy (non-hydrogen) atoms. The highest BCUT2D eigenvalue weighted by Gasteiger charge is 2.70. The number of nitrogens with one attached hydrogen (secondary N) is 4. The molecule has 6 N–H and O–H groups in total. The average Bonchev–Trinajstić information content (AvgIpc) is 2.18. The lowest BCUT2D eigenvalue weighted by atomic mass is 10.5. The highest BCUT2D eigenvalue weighted by molar-refractivity contribution is 7.91. The second-order valence-corrected chi connectivity index (χ2v) is 13.6. The fourth-order valence-corrected chi connectivity index (χ4v) is 12.5. The van der Waals surface area contributed by atoms with Gasteiger partial charge < -0.3 is 0 Å². The zero-order valence-electron chi connectivity index (χ0n) is 15.9. The van der Waals surface area contributed by atoms with E-state index in [2.05, 4.69) is 14.6 Å². The summed E-state index contributed by atoms with van der Waals surface area (Å²) in [7, 11) is -8.79. The van der Waals surface area contributed by atoms with Gasteiger partial charge in [0, 0.05) is 0 Å². The quantitative estimate of drug-likeness (QED) is 0.379. The second kappa shape index (κ2) is 8.64. The van der Waals surface area contributed by atoms with E-state index in [1.54, 1.807) is 0 Å². The molecule has 12 heteroatoms. The van der Waals surface area contributed by atoms with Crippen LogP contribution in [0.1, 0.15) is 55.4 Å². The zero-order chi connectivity index (χ0) is 18.8. The van der Waals surface area contributed by atoms with E-state index in [9.17, 15) is 0 Å². The largest absolute Gasteiger partial charge is 0.478 e. The predicted molar refractivity (Wildman–Crippen MR) is 102 cm³/mol. The Morgan fingerprint density at radius 1 is 0.708 bits per heavy atom. The van der Waals surface area contributed by atoms with Crippen LogP contribution in [0, 0.1) is 5.16 Å². The molecule has 0 spiro atoms. The number of rotatable bonds is 8. The predicted octanol–water partition coefficient (Wildman–Crippen LogP) is 4.31. The van der Waals surface area contributed by atoms with Crippen molar-refractivity contribution in [1.82, 2.24) is 14.6 Å². The van der Waals surface area contributed by atoms with Crippen molar-refractivity contribution >= 4 is 23.5 Å². The number of hydrogen-bond acceptors (Lipinski definition) is 6. The molecule has 1 aliphatic heterocycles. The van der Waals surface area contributed by atoms with Crippen molar-refractivity contribution in [2.45, 2.75) is 79.8 Å². The van der Waals surface area contributed by atoms with Crippen LogP contribution >= 0.6 is 23.5 Å². The topological polar surface area (TPSA) is 123 Å². The molecule has 0 atom stereocenters. The summed E-state index contributed by atoms with van der Waals surface area (Å²) in [4.78, 5) is 9.38. The maximum absolute atomic E-state index is 8.48. The molecule has 0 unspecified atom stereocenters. The van der Waals surface area contributed by atoms with Crippen molar-refractivity contribution in [3.63, 3.8) is 0 Å². The third-order valence-electron chi connectivity index (χ3n) is 2.28. The molecule has 1 rings (SSSR count). The van der Waals surface area contributed by atoms with Gasteiger partial charge in [-0.3, -0.25) is 10.7 Å². The summed E-state index contributed by atoms with van der Waals surface area (Å²) in [5, 5.41) is 8.48. The summed E-state index contributed by atoms with van der Waals surface area (Å²) in [6, 6.07) is 0. The van der Waals surface area contributed by atoms with Crippen molar-refractivity contribution in [1.29, 1.82) is 5.16 Å². The van der Waals surface area contributed by atoms with Crippen LogP contribution in [0.25, 0.3) is 0 Å². The van der Waals surface area contributed by atoms with Gasteiger partial charge in [0.2, 0.25) is 7.51 Å². The standard InChI is InChI=1S/C12H34N5O4P3/c1-9(2)18-23(19-10(3)4)15-22(13,14)16-24(17-23,20-11(5)6)21-12(7)8/h9-12,17H,1-8H3,(H5,13,14,15,16)/q+2. The Bertz CT molecular complexity index is 408. The van der Waals surface area contributed by atoms with Crippen LogP contribution < -0.4 is 20.1 Å². The van der Waals surface area contributed by atoms with Gasteiger partial charge in [-0.25, -0.2) is 0 Å². The molecule has 1 fully saturated rings. The van der Waals surface area contributed by atoms with Crippen LogP contribution in [0.4, 0.5) is 0 Å². The van der Waals surface area contributed by atoms with Gasteiger partial charge in [0.05, 0.1) is 4.86 Å². The first kappa shape index (κ1) is 22.8. The summed E-state index contributed by atoms with van der Waals surface area (Å²) in [5.74, 6) is 0. The Balaban J connectivity index is 3.30. The lowest BCUT2D eigenvalue weighted by Gasteiger charge is -2.38. The molecular weight excluding hydrogens is 371 g/mol. The summed E-state index contributed by atoms with van der Waals surface area (Å²) >= 11 is 0. The zero-order valence-corrected chi connectivity index (χ0v) is 18.5. The fourth-order valence-electron chi connectivity index (χ4n) is 2.08. The van der Waals surface area contributed by atoms with Crippen LogP contribution in [0.15, 0.2) is 0 Å². The molecule has 1 aliphatic rings. The third-order valence-corrected chi connectivity index (χ3v) is 11.9. The van der Waals surface area contributed by atoms with Crippen molar-refractivity contribution in [3.05, 3.63) is 0 Å². The van der Waals surface area contributed by atoms with Crippen LogP contribution in [-0.2, 0) is 18.1 Å². The molecule has 0 aromatic rings. The van der Waals surface area contributed by atoms with E-state index >= 15 is 0 Å². The molecule has 9 nitrogen and oxygen atoms in total. The first-order valence-electron chi connectivity index (χ1n) is 8.12. The Morgan fingerprint density at radius 3 is 1.17 bits per heavy atom. The first-order valence-corrected chi connectivity index (χ1v) is 13.2. The van der Waals surface area contributed by atoms with Gasteiger partial charge in [0.25, 0.3) is 0 Å². The summed E-state index contributed by atoms with van der Waals surface area (Å²) in [6.45, 7) is 15.3. The molecule has 1 saturated heterocycles. The van der Waals surface area contributed by atoms with Crippen molar-refractivity contribution in [2.75, 3.05) is 0 Å². The van der Waals surface area contributed by atoms with Gasteiger partial charge >= 0.3 is 16.0 Å². The summed E-state index contributed by atoms with van der Waals surface area (Å²) < 4.78 is 24.3. The molecule has 0 amide bonds. The van der Waals surface area contributed by atoms with Gasteiger partial charge in [-0.15, -0.1) is 0 Å². The van der Waals surface area contributed by atoms with Crippen LogP contribution in [0.2, 0.25) is 0 Å². The number of hydrogen-bond donors (Lipinski definition) is 5. The summed E-state index contributed by atoms with van der Waals surface area (Å²) in [5.41, 5.74) is 6.18.